The number of hydrogen-bond donors (Lipinski definition) is 2. The van der Waals surface area contributed by atoms with Crippen molar-refractivity contribution in [1.29, 1.82) is 0 Å². The van der Waals surface area contributed by atoms with Gasteiger partial charge in [-0.2, -0.15) is 0 Å². The van der Waals surface area contributed by atoms with E-state index in [1.54, 1.807) is 19.2 Å². The van der Waals surface area contributed by atoms with Crippen molar-refractivity contribution < 1.29 is 8.42 Å². The fraction of sp³-hybridized carbons (Fsp3) is 0.267. The van der Waals surface area contributed by atoms with Crippen LogP contribution in [-0.4, -0.2) is 20.4 Å². The van der Waals surface area contributed by atoms with Gasteiger partial charge in [-0.05, 0) is 24.1 Å². The van der Waals surface area contributed by atoms with Gasteiger partial charge in [0.2, 0.25) is 0 Å². The molecule has 0 aliphatic heterocycles. The number of nitrogens with zero attached hydrogens (tertiary/aromatic N) is 1. The molecule has 0 spiro atoms. The van der Waals surface area contributed by atoms with Gasteiger partial charge in [-0.3, -0.25) is 0 Å². The first-order chi connectivity index (χ1) is 10.1. The minimum Gasteiger partial charge on any atom is -0.386 e. The summed E-state index contributed by atoms with van der Waals surface area (Å²) in [4.78, 5) is 3.99. The van der Waals surface area contributed by atoms with Crippen molar-refractivity contribution in [2.24, 2.45) is 0 Å². The van der Waals surface area contributed by atoms with Crippen LogP contribution in [0.4, 0.5) is 5.69 Å². The molecular formula is C15H19N3O2S. The zero-order chi connectivity index (χ0) is 15.3. The molecule has 1 atom stereocenters. The quantitative estimate of drug-likeness (QED) is 0.860. The smallest absolute Gasteiger partial charge is 0.260 e. The van der Waals surface area contributed by atoms with Crippen molar-refractivity contribution in [3.05, 3.63) is 54.2 Å². The first-order valence-corrected chi connectivity index (χ1v) is 8.27. The Balaban J connectivity index is 2.32. The normalized spacial score (nSPS) is 12.9. The van der Waals surface area contributed by atoms with Crippen LogP contribution in [0.5, 0.6) is 0 Å². The molecule has 21 heavy (non-hydrogen) atoms. The summed E-state index contributed by atoms with van der Waals surface area (Å²) in [6, 6.07) is 12.6. The van der Waals surface area contributed by atoms with Gasteiger partial charge in [0.05, 0.1) is 5.69 Å². The van der Waals surface area contributed by atoms with E-state index >= 15 is 0 Å². The zero-order valence-corrected chi connectivity index (χ0v) is 12.9. The van der Waals surface area contributed by atoms with Crippen LogP contribution in [0.3, 0.4) is 0 Å². The molecule has 2 N–H and O–H groups in total. The van der Waals surface area contributed by atoms with E-state index in [4.69, 9.17) is 0 Å². The molecular weight excluding hydrogens is 286 g/mol. The van der Waals surface area contributed by atoms with Crippen LogP contribution in [0.2, 0.25) is 0 Å². The third-order valence-electron chi connectivity index (χ3n) is 3.20. The van der Waals surface area contributed by atoms with Gasteiger partial charge < -0.3 is 5.32 Å². The molecule has 0 amide bonds. The minimum atomic E-state index is -3.69. The highest BCUT2D eigenvalue weighted by molar-refractivity contribution is 7.89. The SMILES string of the molecule is CCC(NS(=O)(=O)c1ncccc1NC)c1ccccc1. The monoisotopic (exact) mass is 305 g/mol. The molecule has 5 nitrogen and oxygen atoms in total. The van der Waals surface area contributed by atoms with Gasteiger partial charge in [-0.1, -0.05) is 37.3 Å². The fourth-order valence-corrected chi connectivity index (χ4v) is 3.56. The van der Waals surface area contributed by atoms with Crippen molar-refractivity contribution in [1.82, 2.24) is 9.71 Å². The molecule has 0 aliphatic carbocycles. The Hall–Kier alpha value is -1.92. The van der Waals surface area contributed by atoms with Crippen LogP contribution < -0.4 is 10.0 Å². The number of nitrogens with one attached hydrogen (secondary N) is 2. The average molecular weight is 305 g/mol. The lowest BCUT2D eigenvalue weighted by molar-refractivity contribution is 0.547. The van der Waals surface area contributed by atoms with Gasteiger partial charge in [-0.15, -0.1) is 0 Å². The Morgan fingerprint density at radius 2 is 1.86 bits per heavy atom. The van der Waals surface area contributed by atoms with Crippen molar-refractivity contribution in [2.75, 3.05) is 12.4 Å². The molecule has 0 fully saturated rings. The lowest BCUT2D eigenvalue weighted by Crippen LogP contribution is -2.29. The predicted octanol–water partition coefficient (Wildman–Crippen LogP) is 2.55. The van der Waals surface area contributed by atoms with Crippen molar-refractivity contribution in [3.8, 4) is 0 Å². The molecule has 1 aromatic heterocycles. The molecule has 0 radical (unpaired) electrons. The van der Waals surface area contributed by atoms with Crippen LogP contribution in [-0.2, 0) is 10.0 Å². The van der Waals surface area contributed by atoms with E-state index in [-0.39, 0.29) is 11.1 Å². The number of rotatable bonds is 6. The number of anilines is 1. The van der Waals surface area contributed by atoms with E-state index in [1.807, 2.05) is 37.3 Å². The summed E-state index contributed by atoms with van der Waals surface area (Å²) in [5.41, 5.74) is 1.42. The third kappa shape index (κ3) is 3.59. The summed E-state index contributed by atoms with van der Waals surface area (Å²) in [7, 11) is -2.01. The molecule has 0 aliphatic rings. The number of hydrogen-bond acceptors (Lipinski definition) is 4. The first-order valence-electron chi connectivity index (χ1n) is 6.78. The Kier molecular flexibility index (Phi) is 4.93. The van der Waals surface area contributed by atoms with E-state index in [1.165, 1.54) is 6.20 Å². The molecule has 6 heteroatoms. The average Bonchev–Trinajstić information content (AvgIpc) is 2.53. The van der Waals surface area contributed by atoms with E-state index < -0.39 is 10.0 Å². The highest BCUT2D eigenvalue weighted by Gasteiger charge is 2.23. The number of sulfonamides is 1. The van der Waals surface area contributed by atoms with Crippen LogP contribution in [0, 0.1) is 0 Å². The Labute approximate surface area is 125 Å². The summed E-state index contributed by atoms with van der Waals surface area (Å²) in [5, 5.41) is 2.87. The van der Waals surface area contributed by atoms with E-state index in [0.717, 1.165) is 5.56 Å². The van der Waals surface area contributed by atoms with E-state index in [0.29, 0.717) is 12.1 Å². The molecule has 0 bridgehead atoms. The van der Waals surface area contributed by atoms with Gasteiger partial charge in [0, 0.05) is 19.3 Å². The number of pyridine rings is 1. The van der Waals surface area contributed by atoms with Gasteiger partial charge in [-0.25, -0.2) is 18.1 Å². The van der Waals surface area contributed by atoms with Crippen molar-refractivity contribution in [3.63, 3.8) is 0 Å². The molecule has 0 saturated carbocycles. The second kappa shape index (κ2) is 6.69. The second-order valence-electron chi connectivity index (χ2n) is 4.60. The maximum atomic E-state index is 12.5. The van der Waals surface area contributed by atoms with Crippen LogP contribution in [0.15, 0.2) is 53.7 Å². The predicted molar refractivity (Wildman–Crippen MR) is 83.6 cm³/mol. The topological polar surface area (TPSA) is 71.1 Å². The highest BCUT2D eigenvalue weighted by Crippen LogP contribution is 2.22. The summed E-state index contributed by atoms with van der Waals surface area (Å²) in [6.07, 6.45) is 2.13. The van der Waals surface area contributed by atoms with Crippen LogP contribution in [0.1, 0.15) is 24.9 Å². The maximum Gasteiger partial charge on any atom is 0.260 e. The Morgan fingerprint density at radius 3 is 2.48 bits per heavy atom. The molecule has 1 unspecified atom stereocenters. The van der Waals surface area contributed by atoms with Gasteiger partial charge in [0.1, 0.15) is 0 Å². The molecule has 0 saturated heterocycles. The first kappa shape index (κ1) is 15.5. The standard InChI is InChI=1S/C15H19N3O2S/c1-3-13(12-8-5-4-6-9-12)18-21(19,20)15-14(16-2)10-7-11-17-15/h4-11,13,16,18H,3H2,1-2H3. The fourth-order valence-electron chi connectivity index (χ4n) is 2.11. The zero-order valence-electron chi connectivity index (χ0n) is 12.1. The van der Waals surface area contributed by atoms with Crippen LogP contribution in [0.25, 0.3) is 0 Å². The molecule has 1 heterocycles. The lowest BCUT2D eigenvalue weighted by atomic mass is 10.1. The Morgan fingerprint density at radius 1 is 1.14 bits per heavy atom. The largest absolute Gasteiger partial charge is 0.386 e. The van der Waals surface area contributed by atoms with Crippen molar-refractivity contribution in [2.45, 2.75) is 24.4 Å². The number of benzene rings is 1. The summed E-state index contributed by atoms with van der Waals surface area (Å²) >= 11 is 0. The highest BCUT2D eigenvalue weighted by atomic mass is 32.2. The molecule has 2 aromatic rings. The molecule has 2 rings (SSSR count). The number of aromatic nitrogens is 1. The van der Waals surface area contributed by atoms with E-state index in [2.05, 4.69) is 15.0 Å². The summed E-state index contributed by atoms with van der Waals surface area (Å²) in [6.45, 7) is 1.94. The van der Waals surface area contributed by atoms with Gasteiger partial charge >= 0.3 is 0 Å². The Bertz CT molecular complexity index is 687. The molecule has 112 valence electrons. The lowest BCUT2D eigenvalue weighted by Gasteiger charge is -2.18. The molecule has 1 aromatic carbocycles. The van der Waals surface area contributed by atoms with Gasteiger partial charge in [0.15, 0.2) is 5.03 Å². The maximum absolute atomic E-state index is 12.5. The van der Waals surface area contributed by atoms with Crippen molar-refractivity contribution >= 4 is 15.7 Å². The second-order valence-corrected chi connectivity index (χ2v) is 6.23. The third-order valence-corrected chi connectivity index (χ3v) is 4.63. The van der Waals surface area contributed by atoms with Crippen LogP contribution >= 0.6 is 0 Å². The minimum absolute atomic E-state index is 0.0156. The van der Waals surface area contributed by atoms with E-state index in [9.17, 15) is 8.42 Å². The summed E-state index contributed by atoms with van der Waals surface area (Å²) in [5.74, 6) is 0. The van der Waals surface area contributed by atoms with Gasteiger partial charge in [0.25, 0.3) is 10.0 Å². The summed E-state index contributed by atoms with van der Waals surface area (Å²) < 4.78 is 27.8.